The van der Waals surface area contributed by atoms with E-state index in [2.05, 4.69) is 5.09 Å². The Morgan fingerprint density at radius 1 is 0.812 bits per heavy atom. The second kappa shape index (κ2) is 10.6. The highest BCUT2D eigenvalue weighted by atomic mass is 32.4. The molecule has 0 aliphatic rings. The summed E-state index contributed by atoms with van der Waals surface area (Å²) in [5.74, 6) is 0. The summed E-state index contributed by atoms with van der Waals surface area (Å²) >= 11 is 6.41. The van der Waals surface area contributed by atoms with Crippen LogP contribution < -0.4 is 15.7 Å². The van der Waals surface area contributed by atoms with Crippen LogP contribution in [0.2, 0.25) is 0 Å². The summed E-state index contributed by atoms with van der Waals surface area (Å²) in [6.07, 6.45) is -2.62. The third kappa shape index (κ3) is 4.99. The van der Waals surface area contributed by atoms with Gasteiger partial charge in [-0.25, -0.2) is 0 Å². The Balaban J connectivity index is 2.26. The third-order valence-corrected chi connectivity index (χ3v) is 12.6. The van der Waals surface area contributed by atoms with Crippen molar-refractivity contribution in [1.29, 1.82) is 0 Å². The van der Waals surface area contributed by atoms with Gasteiger partial charge in [-0.15, -0.1) is 0 Å². The van der Waals surface area contributed by atoms with E-state index in [9.17, 15) is 4.57 Å². The highest BCUT2D eigenvalue weighted by molar-refractivity contribution is 8.21. The molecule has 32 heavy (non-hydrogen) atoms. The lowest BCUT2D eigenvalue weighted by molar-refractivity contribution is 0.195. The molecule has 0 amide bonds. The first-order valence-electron chi connectivity index (χ1n) is 10.8. The van der Waals surface area contributed by atoms with Crippen molar-refractivity contribution in [3.8, 4) is 0 Å². The van der Waals surface area contributed by atoms with Gasteiger partial charge in [0.05, 0.1) is 19.4 Å². The van der Waals surface area contributed by atoms with Crippen molar-refractivity contribution >= 4 is 36.2 Å². The van der Waals surface area contributed by atoms with Gasteiger partial charge in [0.2, 0.25) is 0 Å². The zero-order valence-corrected chi connectivity index (χ0v) is 21.6. The largest absolute Gasteiger partial charge is 0.355 e. The molecule has 3 aromatic carbocycles. The summed E-state index contributed by atoms with van der Waals surface area (Å²) < 4.78 is 26.1. The Kier molecular flexibility index (Phi) is 8.27. The van der Waals surface area contributed by atoms with Gasteiger partial charge >= 0.3 is 7.60 Å². The van der Waals surface area contributed by atoms with Crippen molar-refractivity contribution < 1.29 is 13.6 Å². The quantitative estimate of drug-likeness (QED) is 0.352. The molecule has 0 unspecified atom stereocenters. The van der Waals surface area contributed by atoms with Gasteiger partial charge in [0.25, 0.3) is 0 Å². The maximum absolute atomic E-state index is 14.3. The first-order valence-corrected chi connectivity index (χ1v) is 15.1. The van der Waals surface area contributed by atoms with E-state index in [1.165, 1.54) is 0 Å². The van der Waals surface area contributed by atoms with Crippen molar-refractivity contribution in [1.82, 2.24) is 5.09 Å². The molecule has 7 heteroatoms. The molecule has 0 saturated heterocycles. The maximum atomic E-state index is 14.3. The van der Waals surface area contributed by atoms with Crippen molar-refractivity contribution in [2.75, 3.05) is 13.2 Å². The van der Waals surface area contributed by atoms with E-state index in [0.29, 0.717) is 0 Å². The van der Waals surface area contributed by atoms with Crippen LogP contribution in [0.4, 0.5) is 0 Å². The molecule has 1 atom stereocenters. The molecule has 0 saturated carbocycles. The predicted molar refractivity (Wildman–Crippen MR) is 139 cm³/mol. The molecule has 0 aliphatic carbocycles. The standard InChI is InChI=1S/C25H31NO3P2S/c1-5-28-31(27,29-6-2)25(4,22-19-17-21(3)18-20-22)26-30(32,23-13-9-7-10-14-23)24-15-11-8-12-16-24/h7-20H,5-6H2,1-4H3,(H,26,32)/t25-/m1/s1. The van der Waals surface area contributed by atoms with Crippen LogP contribution in [0.1, 0.15) is 31.9 Å². The van der Waals surface area contributed by atoms with Gasteiger partial charge in [-0.1, -0.05) is 102 Å². The van der Waals surface area contributed by atoms with Crippen LogP contribution in [-0.2, 0) is 30.7 Å². The molecule has 1 N–H and O–H groups in total. The predicted octanol–water partition coefficient (Wildman–Crippen LogP) is 6.07. The van der Waals surface area contributed by atoms with Gasteiger partial charge in [0.15, 0.2) is 0 Å². The lowest BCUT2D eigenvalue weighted by Crippen LogP contribution is -2.43. The molecular weight excluding hydrogens is 456 g/mol. The summed E-state index contributed by atoms with van der Waals surface area (Å²) in [5.41, 5.74) is 1.93. The molecule has 0 radical (unpaired) electrons. The summed E-state index contributed by atoms with van der Waals surface area (Å²) in [4.78, 5) is 0. The molecule has 3 rings (SSSR count). The average Bonchev–Trinajstić information content (AvgIpc) is 2.81. The van der Waals surface area contributed by atoms with E-state index in [4.69, 9.17) is 20.9 Å². The van der Waals surface area contributed by atoms with Crippen molar-refractivity contribution in [2.45, 2.75) is 33.0 Å². The van der Waals surface area contributed by atoms with Gasteiger partial charge in [-0.2, -0.15) is 0 Å². The Labute approximate surface area is 197 Å². The fourth-order valence-corrected chi connectivity index (χ4v) is 10.3. The Bertz CT molecular complexity index is 1050. The van der Waals surface area contributed by atoms with Gasteiger partial charge in [0, 0.05) is 10.6 Å². The number of benzene rings is 3. The van der Waals surface area contributed by atoms with Gasteiger partial charge in [-0.05, 0) is 33.3 Å². The van der Waals surface area contributed by atoms with Crippen molar-refractivity contribution in [2.24, 2.45) is 0 Å². The van der Waals surface area contributed by atoms with Gasteiger partial charge < -0.3 is 9.05 Å². The maximum Gasteiger partial charge on any atom is 0.355 e. The number of rotatable bonds is 10. The first-order chi connectivity index (χ1) is 15.3. The lowest BCUT2D eigenvalue weighted by Gasteiger charge is -2.41. The molecular formula is C25H31NO3P2S. The van der Waals surface area contributed by atoms with Crippen LogP contribution in [0, 0.1) is 6.92 Å². The normalized spacial score (nSPS) is 14.1. The minimum absolute atomic E-state index is 0.264. The van der Waals surface area contributed by atoms with Crippen molar-refractivity contribution in [3.63, 3.8) is 0 Å². The Morgan fingerprint density at radius 2 is 1.25 bits per heavy atom. The van der Waals surface area contributed by atoms with Crippen LogP contribution in [0.3, 0.4) is 0 Å². The molecule has 0 aliphatic heterocycles. The monoisotopic (exact) mass is 487 g/mol. The number of nitrogens with one attached hydrogen (secondary N) is 1. The first kappa shape index (κ1) is 25.1. The third-order valence-electron chi connectivity index (χ3n) is 5.37. The molecule has 0 spiro atoms. The lowest BCUT2D eigenvalue weighted by atomic mass is 10.1. The molecule has 0 fully saturated rings. The molecule has 3 aromatic rings. The van der Waals surface area contributed by atoms with Crippen LogP contribution >= 0.6 is 13.8 Å². The number of hydrogen-bond acceptors (Lipinski definition) is 4. The molecule has 4 nitrogen and oxygen atoms in total. The number of aryl methyl sites for hydroxylation is 1. The molecule has 0 aromatic heterocycles. The highest BCUT2D eigenvalue weighted by Crippen LogP contribution is 2.66. The van der Waals surface area contributed by atoms with Crippen LogP contribution in [-0.4, -0.2) is 13.2 Å². The average molecular weight is 488 g/mol. The fourth-order valence-electron chi connectivity index (χ4n) is 3.66. The number of hydrogen-bond donors (Lipinski definition) is 1. The highest BCUT2D eigenvalue weighted by Gasteiger charge is 2.51. The second-order valence-electron chi connectivity index (χ2n) is 7.66. The van der Waals surface area contributed by atoms with E-state index in [1.54, 1.807) is 0 Å². The zero-order valence-electron chi connectivity index (χ0n) is 19.0. The van der Waals surface area contributed by atoms with Crippen LogP contribution in [0.5, 0.6) is 0 Å². The molecule has 170 valence electrons. The second-order valence-corrected chi connectivity index (χ2v) is 14.2. The fraction of sp³-hybridized carbons (Fsp3) is 0.280. The van der Waals surface area contributed by atoms with Gasteiger partial charge in [-0.3, -0.25) is 9.65 Å². The smallest absolute Gasteiger partial charge is 0.307 e. The van der Waals surface area contributed by atoms with Crippen LogP contribution in [0.25, 0.3) is 0 Å². The van der Waals surface area contributed by atoms with Gasteiger partial charge in [0.1, 0.15) is 5.28 Å². The summed E-state index contributed by atoms with van der Waals surface area (Å²) in [5, 5.41) is 4.51. The zero-order chi connectivity index (χ0) is 23.2. The van der Waals surface area contributed by atoms with E-state index >= 15 is 0 Å². The van der Waals surface area contributed by atoms with E-state index in [0.717, 1.165) is 21.7 Å². The molecule has 0 heterocycles. The van der Waals surface area contributed by atoms with E-state index < -0.39 is 19.1 Å². The van der Waals surface area contributed by atoms with Crippen molar-refractivity contribution in [3.05, 3.63) is 96.1 Å². The molecule has 0 bridgehead atoms. The topological polar surface area (TPSA) is 47.6 Å². The minimum Gasteiger partial charge on any atom is -0.307 e. The van der Waals surface area contributed by atoms with E-state index in [-0.39, 0.29) is 13.2 Å². The summed E-state index contributed by atoms with van der Waals surface area (Å²) in [6, 6.07) is 27.9. The SMILES string of the molecule is CCOP(=O)(OCC)[C@@](C)(NP(=S)(c1ccccc1)c1ccccc1)c1ccc(C)cc1. The summed E-state index contributed by atoms with van der Waals surface area (Å²) in [7, 11) is -3.67. The van der Waals surface area contributed by atoms with E-state index in [1.807, 2.05) is 113 Å². The minimum atomic E-state index is -3.67. The Hall–Kier alpha value is -1.58. The Morgan fingerprint density at radius 3 is 1.66 bits per heavy atom. The summed E-state index contributed by atoms with van der Waals surface area (Å²) in [6.45, 7) is 8.09. The van der Waals surface area contributed by atoms with Crippen LogP contribution in [0.15, 0.2) is 84.9 Å².